The van der Waals surface area contributed by atoms with Crippen molar-refractivity contribution >= 4 is 17.5 Å². The number of amides is 1. The predicted octanol–water partition coefficient (Wildman–Crippen LogP) is 3.59. The highest BCUT2D eigenvalue weighted by Gasteiger charge is 2.15. The summed E-state index contributed by atoms with van der Waals surface area (Å²) in [5.41, 5.74) is 1.73. The Morgan fingerprint density at radius 1 is 1.22 bits per heavy atom. The fraction of sp³-hybridized carbons (Fsp3) is 0.0588. The van der Waals surface area contributed by atoms with Crippen LogP contribution in [0.25, 0.3) is 5.69 Å². The van der Waals surface area contributed by atoms with E-state index >= 15 is 0 Å². The molecule has 0 aliphatic rings. The minimum atomic E-state index is -0.634. The van der Waals surface area contributed by atoms with Crippen LogP contribution in [-0.4, -0.2) is 15.5 Å². The number of aromatic nitrogens is 2. The molecule has 0 spiro atoms. The quantitative estimate of drug-likeness (QED) is 0.795. The van der Waals surface area contributed by atoms with Crippen LogP contribution in [0.1, 0.15) is 15.9 Å². The van der Waals surface area contributed by atoms with Gasteiger partial charge >= 0.3 is 0 Å². The second-order valence-corrected chi connectivity index (χ2v) is 5.32. The maximum absolute atomic E-state index is 13.7. The summed E-state index contributed by atoms with van der Waals surface area (Å²) in [4.78, 5) is 16.1. The summed E-state index contributed by atoms with van der Waals surface area (Å²) in [5, 5.41) is 2.76. The molecule has 6 heteroatoms. The molecule has 0 saturated carbocycles. The molecular weight excluding hydrogens is 317 g/mol. The minimum Gasteiger partial charge on any atom is -0.348 e. The van der Waals surface area contributed by atoms with Gasteiger partial charge in [-0.05, 0) is 29.8 Å². The Labute approximate surface area is 137 Å². The second-order valence-electron chi connectivity index (χ2n) is 4.92. The molecule has 2 aromatic carbocycles. The smallest absolute Gasteiger partial charge is 0.256 e. The molecule has 1 heterocycles. The number of rotatable bonds is 4. The number of carbonyl (C=O) groups is 1. The lowest BCUT2D eigenvalue weighted by atomic mass is 10.1. The van der Waals surface area contributed by atoms with Crippen molar-refractivity contribution in [3.05, 3.63) is 83.2 Å². The highest BCUT2D eigenvalue weighted by atomic mass is 35.5. The van der Waals surface area contributed by atoms with E-state index in [4.69, 9.17) is 11.6 Å². The molecule has 3 rings (SSSR count). The molecule has 4 nitrogen and oxygen atoms in total. The van der Waals surface area contributed by atoms with Gasteiger partial charge in [-0.1, -0.05) is 29.8 Å². The Hall–Kier alpha value is -2.66. The maximum atomic E-state index is 13.7. The van der Waals surface area contributed by atoms with E-state index in [1.807, 2.05) is 35.0 Å². The molecule has 0 atom stereocenters. The summed E-state index contributed by atoms with van der Waals surface area (Å²) in [6.45, 7) is 0.285. The summed E-state index contributed by atoms with van der Waals surface area (Å²) < 4.78 is 15.6. The maximum Gasteiger partial charge on any atom is 0.256 e. The number of benzene rings is 2. The van der Waals surface area contributed by atoms with E-state index in [0.717, 1.165) is 11.3 Å². The molecule has 3 aromatic rings. The van der Waals surface area contributed by atoms with Crippen LogP contribution in [0, 0.1) is 5.82 Å². The van der Waals surface area contributed by atoms with E-state index in [-0.39, 0.29) is 17.1 Å². The number of hydrogen-bond donors (Lipinski definition) is 1. The highest BCUT2D eigenvalue weighted by molar-refractivity contribution is 6.33. The molecule has 1 aromatic heterocycles. The van der Waals surface area contributed by atoms with Crippen molar-refractivity contribution in [1.82, 2.24) is 14.9 Å². The van der Waals surface area contributed by atoms with Crippen molar-refractivity contribution in [2.75, 3.05) is 0 Å². The summed E-state index contributed by atoms with van der Waals surface area (Å²) in [7, 11) is 0. The summed E-state index contributed by atoms with van der Waals surface area (Å²) in [6.07, 6.45) is 5.25. The average Bonchev–Trinajstić information content (AvgIpc) is 3.08. The first-order valence-corrected chi connectivity index (χ1v) is 7.32. The zero-order valence-electron chi connectivity index (χ0n) is 12.0. The van der Waals surface area contributed by atoms with Gasteiger partial charge in [0.15, 0.2) is 0 Å². The van der Waals surface area contributed by atoms with Crippen LogP contribution in [-0.2, 0) is 6.54 Å². The van der Waals surface area contributed by atoms with E-state index in [2.05, 4.69) is 10.3 Å². The van der Waals surface area contributed by atoms with E-state index in [1.165, 1.54) is 18.2 Å². The Bertz CT molecular complexity index is 796. The fourth-order valence-electron chi connectivity index (χ4n) is 2.18. The lowest BCUT2D eigenvalue weighted by molar-refractivity contribution is 0.0947. The number of nitrogens with zero attached hydrogens (tertiary/aromatic N) is 2. The van der Waals surface area contributed by atoms with Crippen molar-refractivity contribution in [3.63, 3.8) is 0 Å². The van der Waals surface area contributed by atoms with Gasteiger partial charge in [-0.15, -0.1) is 0 Å². The molecule has 0 unspecified atom stereocenters. The number of imidazole rings is 1. The van der Waals surface area contributed by atoms with Gasteiger partial charge in [0.05, 0.1) is 16.9 Å². The van der Waals surface area contributed by atoms with Crippen LogP contribution in [0.15, 0.2) is 61.2 Å². The van der Waals surface area contributed by atoms with Crippen molar-refractivity contribution in [2.45, 2.75) is 6.54 Å². The Morgan fingerprint density at radius 2 is 2.00 bits per heavy atom. The van der Waals surface area contributed by atoms with E-state index in [1.54, 1.807) is 12.5 Å². The Balaban J connectivity index is 1.67. The number of halogens is 2. The van der Waals surface area contributed by atoms with Crippen molar-refractivity contribution in [2.24, 2.45) is 0 Å². The third kappa shape index (κ3) is 3.40. The standard InChI is InChI=1S/C17H13ClFN3O/c18-14-2-1-3-15(19)16(14)17(23)21-10-12-4-6-13(7-5-12)22-9-8-20-11-22/h1-9,11H,10H2,(H,21,23). The lowest BCUT2D eigenvalue weighted by Gasteiger charge is -2.09. The molecule has 23 heavy (non-hydrogen) atoms. The van der Waals surface area contributed by atoms with Gasteiger partial charge < -0.3 is 9.88 Å². The summed E-state index contributed by atoms with van der Waals surface area (Å²) >= 11 is 5.87. The van der Waals surface area contributed by atoms with Gasteiger partial charge in [-0.2, -0.15) is 0 Å². The molecule has 0 fully saturated rings. The molecule has 0 bridgehead atoms. The zero-order chi connectivity index (χ0) is 16.2. The lowest BCUT2D eigenvalue weighted by Crippen LogP contribution is -2.24. The van der Waals surface area contributed by atoms with E-state index < -0.39 is 11.7 Å². The van der Waals surface area contributed by atoms with Crippen molar-refractivity contribution in [1.29, 1.82) is 0 Å². The monoisotopic (exact) mass is 329 g/mol. The zero-order valence-corrected chi connectivity index (χ0v) is 12.8. The van der Waals surface area contributed by atoms with Crippen LogP contribution in [0.4, 0.5) is 4.39 Å². The number of nitrogens with one attached hydrogen (secondary N) is 1. The molecule has 0 radical (unpaired) electrons. The normalized spacial score (nSPS) is 10.5. The predicted molar refractivity (Wildman–Crippen MR) is 86.1 cm³/mol. The van der Waals surface area contributed by atoms with Crippen molar-refractivity contribution < 1.29 is 9.18 Å². The van der Waals surface area contributed by atoms with E-state index in [0.29, 0.717) is 0 Å². The van der Waals surface area contributed by atoms with Gasteiger partial charge in [0.25, 0.3) is 5.91 Å². The number of hydrogen-bond acceptors (Lipinski definition) is 2. The molecule has 0 aliphatic heterocycles. The van der Waals surface area contributed by atoms with Gasteiger partial charge in [0, 0.05) is 24.6 Å². The average molecular weight is 330 g/mol. The third-order valence-corrected chi connectivity index (χ3v) is 3.70. The van der Waals surface area contributed by atoms with Crippen LogP contribution in [0.5, 0.6) is 0 Å². The van der Waals surface area contributed by atoms with Crippen LogP contribution in [0.3, 0.4) is 0 Å². The largest absolute Gasteiger partial charge is 0.348 e. The fourth-order valence-corrected chi connectivity index (χ4v) is 2.43. The SMILES string of the molecule is O=C(NCc1ccc(-n2ccnc2)cc1)c1c(F)cccc1Cl. The summed E-state index contributed by atoms with van der Waals surface area (Å²) in [5.74, 6) is -1.17. The molecule has 116 valence electrons. The van der Waals surface area contributed by atoms with Crippen LogP contribution >= 0.6 is 11.6 Å². The first-order chi connectivity index (χ1) is 11.1. The van der Waals surface area contributed by atoms with Gasteiger partial charge in [-0.3, -0.25) is 4.79 Å². The first kappa shape index (κ1) is 15.2. The van der Waals surface area contributed by atoms with Crippen LogP contribution < -0.4 is 5.32 Å². The molecular formula is C17H13ClFN3O. The minimum absolute atomic E-state index is 0.0953. The summed E-state index contributed by atoms with van der Waals surface area (Å²) in [6, 6.07) is 11.8. The molecule has 0 aliphatic carbocycles. The number of carbonyl (C=O) groups excluding carboxylic acids is 1. The van der Waals surface area contributed by atoms with Gasteiger partial charge in [-0.25, -0.2) is 9.37 Å². The molecule has 1 amide bonds. The molecule has 1 N–H and O–H groups in total. The third-order valence-electron chi connectivity index (χ3n) is 3.38. The molecule has 0 saturated heterocycles. The highest BCUT2D eigenvalue weighted by Crippen LogP contribution is 2.19. The Morgan fingerprint density at radius 3 is 2.65 bits per heavy atom. The van der Waals surface area contributed by atoms with E-state index in [9.17, 15) is 9.18 Å². The first-order valence-electron chi connectivity index (χ1n) is 6.94. The van der Waals surface area contributed by atoms with Gasteiger partial charge in [0.1, 0.15) is 5.82 Å². The van der Waals surface area contributed by atoms with Gasteiger partial charge in [0.2, 0.25) is 0 Å². The van der Waals surface area contributed by atoms with Crippen molar-refractivity contribution in [3.8, 4) is 5.69 Å². The van der Waals surface area contributed by atoms with Crippen LogP contribution in [0.2, 0.25) is 5.02 Å². The second kappa shape index (κ2) is 6.62. The topological polar surface area (TPSA) is 46.9 Å². The Kier molecular flexibility index (Phi) is 4.39.